The van der Waals surface area contributed by atoms with Crippen LogP contribution in [-0.2, 0) is 0 Å². The lowest BCUT2D eigenvalue weighted by Crippen LogP contribution is -2.40. The van der Waals surface area contributed by atoms with E-state index in [1.807, 2.05) is 0 Å². The molecule has 34 heavy (non-hydrogen) atoms. The highest BCUT2D eigenvalue weighted by atomic mass is 19.1. The highest BCUT2D eigenvalue weighted by molar-refractivity contribution is 5.97. The molecule has 0 spiro atoms. The van der Waals surface area contributed by atoms with Crippen molar-refractivity contribution < 1.29 is 14.3 Å². The number of rotatable bonds is 7. The van der Waals surface area contributed by atoms with Gasteiger partial charge in [-0.25, -0.2) is 9.37 Å². The van der Waals surface area contributed by atoms with Crippen LogP contribution in [-0.4, -0.2) is 40.0 Å². The zero-order valence-corrected chi connectivity index (χ0v) is 19.2. The van der Waals surface area contributed by atoms with E-state index in [-0.39, 0.29) is 28.2 Å². The third-order valence-corrected chi connectivity index (χ3v) is 6.47. The molecular weight excluding hydrogens is 441 g/mol. The Morgan fingerprint density at radius 3 is 2.41 bits per heavy atom. The molecule has 1 amide bonds. The first kappa shape index (κ1) is 23.3. The number of carbonyl (C=O) groups is 1. The molecule has 1 aromatic carbocycles. The zero-order chi connectivity index (χ0) is 24.6. The Morgan fingerprint density at radius 1 is 1.12 bits per heavy atom. The van der Waals surface area contributed by atoms with E-state index in [9.17, 15) is 23.9 Å². The number of hydrogen-bond donors (Lipinski definition) is 3. The van der Waals surface area contributed by atoms with Gasteiger partial charge in [-0.05, 0) is 36.5 Å². The summed E-state index contributed by atoms with van der Waals surface area (Å²) < 4.78 is 14.0. The lowest BCUT2D eigenvalue weighted by atomic mass is 9.78. The Balaban J connectivity index is 1.69. The van der Waals surface area contributed by atoms with Gasteiger partial charge in [0.25, 0.3) is 16.8 Å². The first-order valence-electron chi connectivity index (χ1n) is 11.0. The molecule has 0 aliphatic heterocycles. The van der Waals surface area contributed by atoms with Crippen molar-refractivity contribution in [1.82, 2.24) is 14.9 Å². The van der Waals surface area contributed by atoms with Crippen LogP contribution < -0.4 is 21.5 Å². The number of nitrogens with one attached hydrogen (secondary N) is 2. The number of halogens is 1. The van der Waals surface area contributed by atoms with Gasteiger partial charge in [0.1, 0.15) is 17.2 Å². The molecule has 3 N–H and O–H groups in total. The van der Waals surface area contributed by atoms with Crippen LogP contribution >= 0.6 is 0 Å². The van der Waals surface area contributed by atoms with E-state index in [2.05, 4.69) is 27.5 Å². The smallest absolute Gasteiger partial charge is 0.275 e. The highest BCUT2D eigenvalue weighted by Crippen LogP contribution is 2.48. The fraction of sp³-hybridized carbons (Fsp3) is 0.375. The van der Waals surface area contributed by atoms with E-state index >= 15 is 0 Å². The first-order chi connectivity index (χ1) is 16.1. The highest BCUT2D eigenvalue weighted by Gasteiger charge is 2.40. The van der Waals surface area contributed by atoms with E-state index in [4.69, 9.17) is 0 Å². The van der Waals surface area contributed by atoms with E-state index in [0.717, 1.165) is 25.7 Å². The van der Waals surface area contributed by atoms with Crippen molar-refractivity contribution >= 4 is 23.0 Å². The van der Waals surface area contributed by atoms with Crippen LogP contribution in [0.5, 0.6) is 5.75 Å². The molecule has 1 fully saturated rings. The summed E-state index contributed by atoms with van der Waals surface area (Å²) in [6.07, 6.45) is 6.38. The molecule has 9 nitrogen and oxygen atoms in total. The normalized spacial score (nSPS) is 15.8. The number of aromatic nitrogens is 2. The number of hydrogen-bond acceptors (Lipinski definition) is 8. The van der Waals surface area contributed by atoms with Crippen LogP contribution in [0.4, 0.5) is 21.5 Å². The van der Waals surface area contributed by atoms with Gasteiger partial charge >= 0.3 is 0 Å². The van der Waals surface area contributed by atoms with Crippen LogP contribution in [0.25, 0.3) is 0 Å². The van der Waals surface area contributed by atoms with E-state index in [0.29, 0.717) is 5.69 Å². The van der Waals surface area contributed by atoms with Gasteiger partial charge in [-0.3, -0.25) is 19.4 Å². The summed E-state index contributed by atoms with van der Waals surface area (Å²) in [5, 5.41) is 16.5. The van der Waals surface area contributed by atoms with Crippen LogP contribution in [0, 0.1) is 11.2 Å². The van der Waals surface area contributed by atoms with Crippen LogP contribution in [0.1, 0.15) is 54.8 Å². The minimum absolute atomic E-state index is 0.0332. The summed E-state index contributed by atoms with van der Waals surface area (Å²) in [6.45, 7) is 2.05. The van der Waals surface area contributed by atoms with Crippen molar-refractivity contribution in [3.63, 3.8) is 0 Å². The van der Waals surface area contributed by atoms with Gasteiger partial charge in [0.15, 0.2) is 11.4 Å². The van der Waals surface area contributed by atoms with Crippen LogP contribution in [0.15, 0.2) is 40.2 Å². The maximum absolute atomic E-state index is 14.0. The third kappa shape index (κ3) is 4.11. The maximum atomic E-state index is 14.0. The fourth-order valence-corrected chi connectivity index (χ4v) is 4.51. The molecule has 1 aliphatic rings. The second-order valence-corrected chi connectivity index (χ2v) is 9.13. The summed E-state index contributed by atoms with van der Waals surface area (Å²) in [4.78, 5) is 46.7. The summed E-state index contributed by atoms with van der Waals surface area (Å²) >= 11 is 0. The van der Waals surface area contributed by atoms with Gasteiger partial charge in [-0.2, -0.15) is 0 Å². The van der Waals surface area contributed by atoms with Gasteiger partial charge in [0, 0.05) is 26.5 Å². The van der Waals surface area contributed by atoms with Crippen molar-refractivity contribution in [3.05, 3.63) is 68.2 Å². The Kier molecular flexibility index (Phi) is 6.07. The third-order valence-electron chi connectivity index (χ3n) is 6.47. The fourth-order valence-electron chi connectivity index (χ4n) is 4.51. The molecular formula is C24H26FN5O4. The number of amides is 1. The molecule has 0 unspecified atom stereocenters. The molecule has 10 heteroatoms. The quantitative estimate of drug-likeness (QED) is 0.453. The minimum atomic E-state index is -0.762. The van der Waals surface area contributed by atoms with Crippen LogP contribution in [0.3, 0.4) is 0 Å². The summed E-state index contributed by atoms with van der Waals surface area (Å²) in [6, 6.07) is 3.47. The average Bonchev–Trinajstić information content (AvgIpc) is 3.25. The molecule has 2 aromatic heterocycles. The molecule has 4 rings (SSSR count). The molecule has 1 aliphatic carbocycles. The Morgan fingerprint density at radius 2 is 1.76 bits per heavy atom. The van der Waals surface area contributed by atoms with Crippen molar-refractivity contribution in [2.75, 3.05) is 24.7 Å². The molecule has 3 aromatic rings. The Labute approximate surface area is 195 Å². The summed E-state index contributed by atoms with van der Waals surface area (Å²) in [7, 11) is 3.04. The van der Waals surface area contributed by atoms with Crippen molar-refractivity contribution in [3.8, 4) is 5.75 Å². The summed E-state index contributed by atoms with van der Waals surface area (Å²) in [5.41, 5.74) is -1.49. The molecule has 0 saturated heterocycles. The second-order valence-electron chi connectivity index (χ2n) is 9.13. The van der Waals surface area contributed by atoms with Crippen molar-refractivity contribution in [2.45, 2.75) is 38.6 Å². The molecule has 2 heterocycles. The minimum Gasteiger partial charge on any atom is -0.504 e. The van der Waals surface area contributed by atoms with E-state index in [1.165, 1.54) is 49.6 Å². The maximum Gasteiger partial charge on any atom is 0.275 e. The first-order valence-corrected chi connectivity index (χ1v) is 11.0. The van der Waals surface area contributed by atoms with Crippen molar-refractivity contribution in [2.24, 2.45) is 5.41 Å². The number of anilines is 3. The topological polar surface area (TPSA) is 125 Å². The zero-order valence-electron chi connectivity index (χ0n) is 19.2. The van der Waals surface area contributed by atoms with Crippen LogP contribution in [0.2, 0.25) is 0 Å². The van der Waals surface area contributed by atoms with Gasteiger partial charge in [0.2, 0.25) is 0 Å². The average molecular weight is 468 g/mol. The Hall–Kier alpha value is -3.82. The second kappa shape index (κ2) is 8.85. The SMILES string of the molecule is CN(C)C(=O)c1nccc(Nc2c(N[C@@H](c3cc(F)ccn3)C3(C)CCCC3)c(=O)c2=O)c1O. The monoisotopic (exact) mass is 467 g/mol. The lowest BCUT2D eigenvalue weighted by molar-refractivity contribution is 0.0819. The van der Waals surface area contributed by atoms with Gasteiger partial charge < -0.3 is 20.6 Å². The predicted molar refractivity (Wildman–Crippen MR) is 126 cm³/mol. The molecule has 178 valence electrons. The summed E-state index contributed by atoms with van der Waals surface area (Å²) in [5.74, 6) is -1.40. The number of carbonyl (C=O) groups excluding carboxylic acids is 1. The number of nitrogens with zero attached hydrogens (tertiary/aromatic N) is 3. The molecule has 1 atom stereocenters. The van der Waals surface area contributed by atoms with E-state index in [1.54, 1.807) is 0 Å². The number of pyridine rings is 2. The number of aromatic hydroxyl groups is 1. The molecule has 1 saturated carbocycles. The van der Waals surface area contributed by atoms with Gasteiger partial charge in [-0.1, -0.05) is 19.8 Å². The van der Waals surface area contributed by atoms with E-state index < -0.39 is 34.4 Å². The largest absolute Gasteiger partial charge is 0.504 e. The molecule has 0 bridgehead atoms. The van der Waals surface area contributed by atoms with Gasteiger partial charge in [0.05, 0.1) is 17.4 Å². The van der Waals surface area contributed by atoms with Gasteiger partial charge in [-0.15, -0.1) is 0 Å². The lowest BCUT2D eigenvalue weighted by Gasteiger charge is -2.35. The molecule has 0 radical (unpaired) electrons. The standard InChI is InChI=1S/C24H26FN5O4/c1-24(8-4-5-9-24)22(15-12-13(25)6-10-26-15)29-17-16(20(32)21(17)33)28-14-7-11-27-18(19(14)31)23(34)30(2)3/h6-7,10-12,22,29,31H,4-5,8-9H2,1-3H3,(H,27,28)/t22-/m0/s1. The predicted octanol–water partition coefficient (Wildman–Crippen LogP) is 3.10. The van der Waals surface area contributed by atoms with Crippen molar-refractivity contribution in [1.29, 1.82) is 0 Å². The Bertz CT molecular complexity index is 1310.